The normalized spacial score (nSPS) is 10.1. The van der Waals surface area contributed by atoms with Gasteiger partial charge in [0.05, 0.1) is 5.69 Å². The zero-order valence-corrected chi connectivity index (χ0v) is 7.87. The van der Waals surface area contributed by atoms with Gasteiger partial charge < -0.3 is 0 Å². The van der Waals surface area contributed by atoms with Crippen LogP contribution in [0.15, 0.2) is 42.6 Å². The van der Waals surface area contributed by atoms with Gasteiger partial charge in [0.25, 0.3) is 0 Å². The highest BCUT2D eigenvalue weighted by molar-refractivity contribution is 5.59. The van der Waals surface area contributed by atoms with Crippen LogP contribution in [0.1, 0.15) is 5.56 Å². The molecule has 0 saturated heterocycles. The number of benzene rings is 1. The molecule has 0 radical (unpaired) electrons. The number of hydrogen-bond acceptors (Lipinski definition) is 1. The van der Waals surface area contributed by atoms with E-state index >= 15 is 0 Å². The Bertz CT molecular complexity index is 437. The van der Waals surface area contributed by atoms with E-state index in [1.807, 2.05) is 24.3 Å². The topological polar surface area (TPSA) is 12.9 Å². The molecule has 0 aliphatic carbocycles. The van der Waals surface area contributed by atoms with Gasteiger partial charge in [-0.3, -0.25) is 4.98 Å². The van der Waals surface area contributed by atoms with Crippen LogP contribution in [-0.2, 0) is 0 Å². The number of hydrogen-bond donors (Lipinski definition) is 0. The highest BCUT2D eigenvalue weighted by atomic mass is 19.1. The molecule has 1 heterocycles. The van der Waals surface area contributed by atoms with Gasteiger partial charge in [0.2, 0.25) is 0 Å². The van der Waals surface area contributed by atoms with Crippen molar-refractivity contribution in [2.24, 2.45) is 0 Å². The number of pyridine rings is 1. The molecule has 2 heteroatoms. The van der Waals surface area contributed by atoms with Crippen LogP contribution in [0.25, 0.3) is 11.3 Å². The smallest absolute Gasteiger partial charge is 0.126 e. The van der Waals surface area contributed by atoms with Crippen molar-refractivity contribution in [2.75, 3.05) is 0 Å². The Labute approximate surface area is 82.2 Å². The number of nitrogens with zero attached hydrogens (tertiary/aromatic N) is 1. The Morgan fingerprint density at radius 3 is 2.64 bits per heavy atom. The lowest BCUT2D eigenvalue weighted by atomic mass is 10.1. The molecule has 0 N–H and O–H groups in total. The van der Waals surface area contributed by atoms with Gasteiger partial charge in [0.15, 0.2) is 0 Å². The highest BCUT2D eigenvalue weighted by Crippen LogP contribution is 2.18. The zero-order chi connectivity index (χ0) is 9.97. The van der Waals surface area contributed by atoms with Crippen LogP contribution in [0.2, 0.25) is 0 Å². The molecule has 0 aliphatic rings. The number of halogens is 1. The molecule has 0 saturated carbocycles. The summed E-state index contributed by atoms with van der Waals surface area (Å²) in [6.45, 7) is 1.75. The van der Waals surface area contributed by atoms with Crippen LogP contribution in [0, 0.1) is 12.7 Å². The molecule has 1 aromatic carbocycles. The third-order valence-electron chi connectivity index (χ3n) is 2.13. The summed E-state index contributed by atoms with van der Waals surface area (Å²) in [5.74, 6) is -0.187. The van der Waals surface area contributed by atoms with Crippen molar-refractivity contribution in [3.63, 3.8) is 0 Å². The second-order valence-corrected chi connectivity index (χ2v) is 3.18. The first kappa shape index (κ1) is 8.88. The Morgan fingerprint density at radius 2 is 2.00 bits per heavy atom. The number of aromatic nitrogens is 1. The van der Waals surface area contributed by atoms with Crippen LogP contribution >= 0.6 is 0 Å². The van der Waals surface area contributed by atoms with Crippen LogP contribution in [0.5, 0.6) is 0 Å². The van der Waals surface area contributed by atoms with Crippen molar-refractivity contribution in [2.45, 2.75) is 6.92 Å². The van der Waals surface area contributed by atoms with E-state index < -0.39 is 0 Å². The summed E-state index contributed by atoms with van der Waals surface area (Å²) in [7, 11) is 0. The molecular weight excluding hydrogens is 177 g/mol. The average Bonchev–Trinajstić information content (AvgIpc) is 2.23. The molecule has 14 heavy (non-hydrogen) atoms. The standard InChI is InChI=1S/C12H10FN/c1-9-5-6-10(8-11(9)13)12-4-2-3-7-14-12/h2-8H,1H3. The summed E-state index contributed by atoms with van der Waals surface area (Å²) in [6, 6.07) is 10.7. The Hall–Kier alpha value is -1.70. The third kappa shape index (κ3) is 1.64. The predicted molar refractivity (Wildman–Crippen MR) is 54.4 cm³/mol. The fraction of sp³-hybridized carbons (Fsp3) is 0.0833. The van der Waals surface area contributed by atoms with Gasteiger partial charge in [-0.05, 0) is 30.7 Å². The van der Waals surface area contributed by atoms with Crippen molar-refractivity contribution in [1.82, 2.24) is 4.98 Å². The maximum atomic E-state index is 13.2. The average molecular weight is 187 g/mol. The number of aryl methyl sites for hydroxylation is 1. The van der Waals surface area contributed by atoms with Crippen LogP contribution in [-0.4, -0.2) is 4.98 Å². The van der Waals surface area contributed by atoms with E-state index in [1.165, 1.54) is 6.07 Å². The highest BCUT2D eigenvalue weighted by Gasteiger charge is 2.01. The van der Waals surface area contributed by atoms with E-state index in [2.05, 4.69) is 4.98 Å². The molecular formula is C12H10FN. The monoisotopic (exact) mass is 187 g/mol. The van der Waals surface area contributed by atoms with Gasteiger partial charge in [-0.15, -0.1) is 0 Å². The van der Waals surface area contributed by atoms with Crippen molar-refractivity contribution in [1.29, 1.82) is 0 Å². The molecule has 70 valence electrons. The van der Waals surface area contributed by atoms with Crippen molar-refractivity contribution >= 4 is 0 Å². The first-order chi connectivity index (χ1) is 6.77. The summed E-state index contributed by atoms with van der Waals surface area (Å²) in [4.78, 5) is 4.15. The summed E-state index contributed by atoms with van der Waals surface area (Å²) in [6.07, 6.45) is 1.70. The molecule has 2 aromatic rings. The molecule has 0 spiro atoms. The van der Waals surface area contributed by atoms with E-state index in [4.69, 9.17) is 0 Å². The second-order valence-electron chi connectivity index (χ2n) is 3.18. The molecule has 0 bridgehead atoms. The van der Waals surface area contributed by atoms with Crippen LogP contribution in [0.4, 0.5) is 4.39 Å². The lowest BCUT2D eigenvalue weighted by molar-refractivity contribution is 0.619. The third-order valence-corrected chi connectivity index (χ3v) is 2.13. The molecule has 0 atom stereocenters. The van der Waals surface area contributed by atoms with Crippen molar-refractivity contribution in [3.05, 3.63) is 54.0 Å². The van der Waals surface area contributed by atoms with Gasteiger partial charge in [-0.25, -0.2) is 4.39 Å². The largest absolute Gasteiger partial charge is 0.256 e. The van der Waals surface area contributed by atoms with Gasteiger partial charge >= 0.3 is 0 Å². The van der Waals surface area contributed by atoms with Gasteiger partial charge in [0.1, 0.15) is 5.82 Å². The lowest BCUT2D eigenvalue weighted by Crippen LogP contribution is -1.86. The zero-order valence-electron chi connectivity index (χ0n) is 7.87. The van der Waals surface area contributed by atoms with Gasteiger partial charge in [0, 0.05) is 11.8 Å². The van der Waals surface area contributed by atoms with E-state index in [1.54, 1.807) is 19.2 Å². The molecule has 1 nitrogen and oxygen atoms in total. The van der Waals surface area contributed by atoms with Crippen molar-refractivity contribution in [3.8, 4) is 11.3 Å². The Morgan fingerprint density at radius 1 is 1.14 bits per heavy atom. The van der Waals surface area contributed by atoms with Crippen LogP contribution < -0.4 is 0 Å². The minimum atomic E-state index is -0.187. The maximum absolute atomic E-state index is 13.2. The first-order valence-electron chi connectivity index (χ1n) is 4.45. The summed E-state index contributed by atoms with van der Waals surface area (Å²) < 4.78 is 13.2. The molecule has 0 fully saturated rings. The quantitative estimate of drug-likeness (QED) is 0.668. The summed E-state index contributed by atoms with van der Waals surface area (Å²) in [5, 5.41) is 0. The maximum Gasteiger partial charge on any atom is 0.126 e. The van der Waals surface area contributed by atoms with Gasteiger partial charge in [-0.1, -0.05) is 18.2 Å². The predicted octanol–water partition coefficient (Wildman–Crippen LogP) is 3.20. The van der Waals surface area contributed by atoms with E-state index in [-0.39, 0.29) is 5.82 Å². The van der Waals surface area contributed by atoms with Gasteiger partial charge in [-0.2, -0.15) is 0 Å². The molecule has 0 aliphatic heterocycles. The molecule has 2 rings (SSSR count). The Kier molecular flexibility index (Phi) is 2.27. The molecule has 0 unspecified atom stereocenters. The van der Waals surface area contributed by atoms with Crippen LogP contribution in [0.3, 0.4) is 0 Å². The molecule has 1 aromatic heterocycles. The van der Waals surface area contributed by atoms with Crippen molar-refractivity contribution < 1.29 is 4.39 Å². The summed E-state index contributed by atoms with van der Waals surface area (Å²) >= 11 is 0. The number of rotatable bonds is 1. The van der Waals surface area contributed by atoms with E-state index in [0.29, 0.717) is 5.56 Å². The fourth-order valence-electron chi connectivity index (χ4n) is 1.29. The lowest BCUT2D eigenvalue weighted by Gasteiger charge is -2.01. The first-order valence-corrected chi connectivity index (χ1v) is 4.45. The molecule has 0 amide bonds. The fourth-order valence-corrected chi connectivity index (χ4v) is 1.29. The van der Waals surface area contributed by atoms with E-state index in [0.717, 1.165) is 11.3 Å². The SMILES string of the molecule is Cc1ccc(-c2ccccn2)cc1F. The second kappa shape index (κ2) is 3.58. The minimum Gasteiger partial charge on any atom is -0.256 e. The Balaban J connectivity index is 2.48. The minimum absolute atomic E-state index is 0.187. The van der Waals surface area contributed by atoms with E-state index in [9.17, 15) is 4.39 Å². The summed E-state index contributed by atoms with van der Waals surface area (Å²) in [5.41, 5.74) is 2.27.